The molecule has 0 bridgehead atoms. The summed E-state index contributed by atoms with van der Waals surface area (Å²) in [5.74, 6) is 0.197. The van der Waals surface area contributed by atoms with Crippen molar-refractivity contribution in [1.29, 1.82) is 0 Å². The molecular weight excluding hydrogens is 272 g/mol. The summed E-state index contributed by atoms with van der Waals surface area (Å²) in [5.41, 5.74) is 2.13. The molecule has 0 unspecified atom stereocenters. The Morgan fingerprint density at radius 3 is 2.33 bits per heavy atom. The zero-order chi connectivity index (χ0) is 13.3. The zero-order valence-corrected chi connectivity index (χ0v) is 11.7. The third kappa shape index (κ3) is 2.15. The van der Waals surface area contributed by atoms with Crippen molar-refractivity contribution in [3.63, 3.8) is 0 Å². The molecule has 0 radical (unpaired) electrons. The van der Waals surface area contributed by atoms with Gasteiger partial charge in [-0.05, 0) is 26.0 Å². The summed E-state index contributed by atoms with van der Waals surface area (Å²) in [4.78, 5) is 4.24. The molecule has 0 aliphatic heterocycles. The van der Waals surface area contributed by atoms with Crippen LogP contribution < -0.4 is 0 Å². The molecule has 6 heteroatoms. The highest BCUT2D eigenvalue weighted by Crippen LogP contribution is 2.18. The summed E-state index contributed by atoms with van der Waals surface area (Å²) in [6.07, 6.45) is 1.29. The Morgan fingerprint density at radius 1 is 1.22 bits per heavy atom. The average Bonchev–Trinajstić information content (AvgIpc) is 2.71. The number of alkyl halides is 1. The molecule has 0 fully saturated rings. The predicted molar refractivity (Wildman–Crippen MR) is 70.3 cm³/mol. The Kier molecular flexibility index (Phi) is 3.45. The van der Waals surface area contributed by atoms with Crippen molar-refractivity contribution in [2.24, 2.45) is 0 Å². The first kappa shape index (κ1) is 13.1. The maximum absolute atomic E-state index is 12.4. The van der Waals surface area contributed by atoms with Gasteiger partial charge in [-0.3, -0.25) is 0 Å². The summed E-state index contributed by atoms with van der Waals surface area (Å²) in [5, 5.41) is 0. The first-order chi connectivity index (χ1) is 8.46. The van der Waals surface area contributed by atoms with E-state index in [-0.39, 0.29) is 10.8 Å². The molecule has 1 aromatic heterocycles. The third-order valence-corrected chi connectivity index (χ3v) is 4.78. The highest BCUT2D eigenvalue weighted by Gasteiger charge is 2.20. The van der Waals surface area contributed by atoms with Crippen LogP contribution in [0.1, 0.15) is 17.0 Å². The third-order valence-electron chi connectivity index (χ3n) is 2.77. The fourth-order valence-electron chi connectivity index (χ4n) is 1.63. The molecule has 96 valence electrons. The highest BCUT2D eigenvalue weighted by atomic mass is 35.5. The fraction of sp³-hybridized carbons (Fsp3) is 0.250. The quantitative estimate of drug-likeness (QED) is 0.814. The Morgan fingerprint density at radius 2 is 1.83 bits per heavy atom. The molecule has 2 rings (SSSR count). The summed E-state index contributed by atoms with van der Waals surface area (Å²) in [7, 11) is -3.58. The number of rotatable bonds is 3. The number of nitrogens with zero attached hydrogens (tertiary/aromatic N) is 2. The first-order valence-corrected chi connectivity index (χ1v) is 7.35. The molecule has 18 heavy (non-hydrogen) atoms. The average molecular weight is 285 g/mol. The van der Waals surface area contributed by atoms with Gasteiger partial charge in [-0.1, -0.05) is 17.7 Å². The van der Waals surface area contributed by atoms with E-state index in [2.05, 4.69) is 4.98 Å². The van der Waals surface area contributed by atoms with Crippen LogP contribution >= 0.6 is 11.6 Å². The van der Waals surface area contributed by atoms with Crippen molar-refractivity contribution in [1.82, 2.24) is 8.96 Å². The van der Waals surface area contributed by atoms with Crippen LogP contribution in [0.15, 0.2) is 35.5 Å². The van der Waals surface area contributed by atoms with Gasteiger partial charge in [-0.2, -0.15) is 0 Å². The number of aromatic nitrogens is 2. The maximum Gasteiger partial charge on any atom is 0.269 e. The number of imidazole rings is 1. The van der Waals surface area contributed by atoms with E-state index in [0.29, 0.717) is 11.4 Å². The lowest BCUT2D eigenvalue weighted by atomic mass is 10.2. The molecule has 0 aliphatic rings. The molecule has 2 aromatic rings. The highest BCUT2D eigenvalue weighted by molar-refractivity contribution is 7.90. The normalized spacial score (nSPS) is 11.7. The minimum Gasteiger partial charge on any atom is -0.239 e. The lowest BCUT2D eigenvalue weighted by Gasteiger charge is -2.07. The van der Waals surface area contributed by atoms with Gasteiger partial charge in [0.05, 0.1) is 22.2 Å². The summed E-state index contributed by atoms with van der Waals surface area (Å²) in [6, 6.07) is 6.71. The molecule has 1 heterocycles. The SMILES string of the molecule is Cc1ccc(S(=O)(=O)n2cnc(CCl)c2C)cc1. The lowest BCUT2D eigenvalue weighted by molar-refractivity contribution is 0.586. The van der Waals surface area contributed by atoms with Gasteiger partial charge in [0.2, 0.25) is 0 Å². The number of aryl methyl sites for hydroxylation is 1. The number of hydrogen-bond donors (Lipinski definition) is 0. The van der Waals surface area contributed by atoms with Gasteiger partial charge in [-0.15, -0.1) is 11.6 Å². The molecule has 0 saturated carbocycles. The van der Waals surface area contributed by atoms with Crippen LogP contribution in [-0.2, 0) is 15.9 Å². The molecule has 0 N–H and O–H groups in total. The fourth-order valence-corrected chi connectivity index (χ4v) is 3.23. The lowest BCUT2D eigenvalue weighted by Crippen LogP contribution is -2.13. The Hall–Kier alpha value is -1.33. The minimum atomic E-state index is -3.58. The topological polar surface area (TPSA) is 52.0 Å². The Labute approximate surface area is 111 Å². The van der Waals surface area contributed by atoms with E-state index < -0.39 is 10.0 Å². The summed E-state index contributed by atoms with van der Waals surface area (Å²) >= 11 is 5.69. The molecule has 0 aliphatic carbocycles. The van der Waals surface area contributed by atoms with E-state index in [1.807, 2.05) is 6.92 Å². The van der Waals surface area contributed by atoms with E-state index in [1.54, 1.807) is 31.2 Å². The Bertz CT molecular complexity index is 660. The van der Waals surface area contributed by atoms with Gasteiger partial charge in [0.1, 0.15) is 6.33 Å². The van der Waals surface area contributed by atoms with Gasteiger partial charge in [0.25, 0.3) is 10.0 Å². The van der Waals surface area contributed by atoms with Gasteiger partial charge in [0.15, 0.2) is 0 Å². The largest absolute Gasteiger partial charge is 0.269 e. The van der Waals surface area contributed by atoms with E-state index in [9.17, 15) is 8.42 Å². The smallest absolute Gasteiger partial charge is 0.239 e. The number of benzene rings is 1. The van der Waals surface area contributed by atoms with Crippen LogP contribution in [0.5, 0.6) is 0 Å². The van der Waals surface area contributed by atoms with Crippen LogP contribution in [-0.4, -0.2) is 17.4 Å². The van der Waals surface area contributed by atoms with Crippen LogP contribution in [0.2, 0.25) is 0 Å². The van der Waals surface area contributed by atoms with Crippen LogP contribution in [0.3, 0.4) is 0 Å². The zero-order valence-electron chi connectivity index (χ0n) is 10.1. The second-order valence-electron chi connectivity index (χ2n) is 4.02. The van der Waals surface area contributed by atoms with Gasteiger partial charge in [0, 0.05) is 0 Å². The van der Waals surface area contributed by atoms with Crippen molar-refractivity contribution in [2.75, 3.05) is 0 Å². The van der Waals surface area contributed by atoms with E-state index in [1.165, 1.54) is 6.33 Å². The van der Waals surface area contributed by atoms with Crippen molar-refractivity contribution < 1.29 is 8.42 Å². The Balaban J connectivity index is 2.54. The van der Waals surface area contributed by atoms with Crippen molar-refractivity contribution in [3.8, 4) is 0 Å². The summed E-state index contributed by atoms with van der Waals surface area (Å²) in [6.45, 7) is 3.60. The predicted octanol–water partition coefficient (Wildman–Crippen LogP) is 2.48. The second kappa shape index (κ2) is 4.74. The molecule has 0 amide bonds. The molecule has 0 atom stereocenters. The van der Waals surface area contributed by atoms with Gasteiger partial charge < -0.3 is 0 Å². The van der Waals surface area contributed by atoms with Crippen molar-refractivity contribution >= 4 is 21.6 Å². The van der Waals surface area contributed by atoms with Crippen LogP contribution in [0.25, 0.3) is 0 Å². The molecule has 0 spiro atoms. The van der Waals surface area contributed by atoms with E-state index in [0.717, 1.165) is 9.54 Å². The van der Waals surface area contributed by atoms with E-state index >= 15 is 0 Å². The molecular formula is C12H13ClN2O2S. The second-order valence-corrected chi connectivity index (χ2v) is 6.11. The maximum atomic E-state index is 12.4. The van der Waals surface area contributed by atoms with Crippen molar-refractivity contribution in [2.45, 2.75) is 24.6 Å². The number of hydrogen-bond acceptors (Lipinski definition) is 3. The molecule has 4 nitrogen and oxygen atoms in total. The standard InChI is InChI=1S/C12H13ClN2O2S/c1-9-3-5-11(6-4-9)18(16,17)15-8-14-12(7-13)10(15)2/h3-6,8H,7H2,1-2H3. The van der Waals surface area contributed by atoms with Gasteiger partial charge >= 0.3 is 0 Å². The minimum absolute atomic E-state index is 0.197. The molecule has 1 aromatic carbocycles. The first-order valence-electron chi connectivity index (χ1n) is 5.38. The summed E-state index contributed by atoms with van der Waals surface area (Å²) < 4.78 is 25.9. The van der Waals surface area contributed by atoms with E-state index in [4.69, 9.17) is 11.6 Å². The molecule has 0 saturated heterocycles. The van der Waals surface area contributed by atoms with Crippen LogP contribution in [0.4, 0.5) is 0 Å². The monoisotopic (exact) mass is 284 g/mol. The van der Waals surface area contributed by atoms with Crippen molar-refractivity contribution in [3.05, 3.63) is 47.5 Å². The number of halogens is 1. The van der Waals surface area contributed by atoms with Crippen LogP contribution in [0, 0.1) is 13.8 Å². The van der Waals surface area contributed by atoms with Gasteiger partial charge in [-0.25, -0.2) is 17.4 Å².